The lowest BCUT2D eigenvalue weighted by atomic mass is 9.94. The largest absolute Gasteiger partial charge is 0.481 e. The van der Waals surface area contributed by atoms with Crippen LogP contribution in [0.1, 0.15) is 259 Å². The summed E-state index contributed by atoms with van der Waals surface area (Å²) in [6.45, 7) is 30.7. The van der Waals surface area contributed by atoms with Gasteiger partial charge in [0.2, 0.25) is 0 Å². The molecule has 0 aromatic carbocycles. The average Bonchev–Trinajstić information content (AvgIpc) is 1.60. The Morgan fingerprint density at radius 3 is 1.16 bits per heavy atom. The lowest BCUT2D eigenvalue weighted by molar-refractivity contribution is -0.886. The molecule has 6 aromatic heterocycles. The van der Waals surface area contributed by atoms with Gasteiger partial charge in [-0.15, -0.1) is 0 Å². The van der Waals surface area contributed by atoms with E-state index in [2.05, 4.69) is 46.9 Å². The van der Waals surface area contributed by atoms with Crippen LogP contribution in [0.15, 0.2) is 49.6 Å². The van der Waals surface area contributed by atoms with Crippen molar-refractivity contribution in [3.8, 4) is 0 Å². The highest BCUT2D eigenvalue weighted by molar-refractivity contribution is 7.40. The summed E-state index contributed by atoms with van der Waals surface area (Å²) in [4.78, 5) is 154. The van der Waals surface area contributed by atoms with E-state index in [0.717, 1.165) is 134 Å². The molecule has 16 bridgehead atoms. The van der Waals surface area contributed by atoms with E-state index in [1.54, 1.807) is 39.0 Å². The number of carbonyl (C=O) groups excluding carboxylic acids is 3. The molecule has 0 saturated heterocycles. The maximum absolute atomic E-state index is 14.8. The standard InChI is InChI=1S/C49H64N5O11P.C34H34N4O6.C15H33NO6P/c1-11-14-15-16-17-18-45(59)62-25-32(26-63-66(61)64-27-54(8,9)10)65-49(60)46-31(7)40-24-42-34(13-3)29(5)38(51-42)23-41-33(12-2)28(4)37(50-41)22-39-30(6)35(19-20-43(55)56)47(52-39)36(21-44(57)58)48(46)53-40;1-7-19-15(3)23-12-25-17(5)21(9-10-29(39)40)32(37-25)22(11-30(41)42)33-31(34(43)44)18(6)26(38-33)14-28-20(8-2)16(4)24(36-28)13-27(19)35-23;1-5-6-7-8-9-10-15(18)20-11-14(17)12-21-23(19)22-13-16(2,3)4/h12,22-24,32,61H,2,11,13-21,25-27H2,1,3-10H3,(H3-,50,51,52,53,55,56,57,58,60);7,12-14,35-36H,1,8-11H2,2-6H3,(H,39,40)(H,41,42)(H,43,44);14,17,19H,5-13H2,1-4H3/q;;+1/p+1. The Labute approximate surface area is 778 Å². The number of aromatic nitrogens is 8. The van der Waals surface area contributed by atoms with Crippen LogP contribution in [0.2, 0.25) is 0 Å². The fourth-order valence-corrected chi connectivity index (χ4v) is 17.4. The summed E-state index contributed by atoms with van der Waals surface area (Å²) in [6, 6.07) is 11.3. The second-order valence-corrected chi connectivity index (χ2v) is 37.4. The highest BCUT2D eigenvalue weighted by atomic mass is 31.2. The minimum atomic E-state index is -2.42. The van der Waals surface area contributed by atoms with Crippen LogP contribution < -0.4 is 0 Å². The number of hydrogen-bond acceptors (Lipinski definition) is 22. The van der Waals surface area contributed by atoms with E-state index in [0.29, 0.717) is 97.6 Å². The molecule has 4 unspecified atom stereocenters. The number of carbonyl (C=O) groups is 8. The maximum atomic E-state index is 14.8. The van der Waals surface area contributed by atoms with Crippen LogP contribution >= 0.6 is 17.2 Å². The Balaban J connectivity index is 0.000000278. The molecular weight excluding hydrogens is 1750 g/mol. The van der Waals surface area contributed by atoms with Crippen LogP contribution in [-0.2, 0) is 96.3 Å². The molecule has 0 aliphatic carbocycles. The number of ether oxygens (including phenoxy) is 3. The van der Waals surface area contributed by atoms with Gasteiger partial charge in [0.1, 0.15) is 19.3 Å². The van der Waals surface area contributed by atoms with Gasteiger partial charge in [-0.2, -0.15) is 0 Å². The van der Waals surface area contributed by atoms with Crippen LogP contribution in [0, 0.1) is 27.7 Å². The third-order valence-corrected chi connectivity index (χ3v) is 24.4. The number of carboxylic acid groups (broad SMARTS) is 5. The number of esters is 3. The SMILES string of the molecule is C=Cc1c(C)c2cc3nc(c(CC(=O)O)c4nc(cc5[nH]c(cc1[nH]2)c(C)c5CC)C(C)=C4C(=O)O)C(CCC(=O)O)=C3C.C=Cc1c(C)c2cc3nc(c(CC(=O)O)c4nc(cc5[nH]c(cc1[nH]2)c(C)c5CC)C(C)=C4C(=O)OC(COC(=O)CCCCCCC)COP(O)OC[N+](C)(C)C)C(CCC(=O)O)=C3C.CCCCCCCC(=O)OCC(O)COP(O)OC[N+](C)(C)C. The van der Waals surface area contributed by atoms with Gasteiger partial charge in [-0.1, -0.05) is 104 Å². The number of fused-ring (bicyclic) bond motifs is 16. The van der Waals surface area contributed by atoms with Gasteiger partial charge in [0.05, 0.1) is 125 Å². The first-order chi connectivity index (χ1) is 62.9. The monoisotopic (exact) mass is 1880 g/mol. The average molecular weight is 1880 g/mol. The smallest absolute Gasteiger partial charge is 0.341 e. The normalized spacial score (nSPS) is 13.7. The van der Waals surface area contributed by atoms with Gasteiger partial charge >= 0.3 is 65.0 Å². The van der Waals surface area contributed by atoms with Crippen molar-refractivity contribution in [2.75, 3.05) is 82.2 Å². The number of aromatic amines is 4. The van der Waals surface area contributed by atoms with E-state index in [1.165, 1.54) is 12.8 Å². The second-order valence-electron chi connectivity index (χ2n) is 35.4. The summed E-state index contributed by atoms with van der Waals surface area (Å²) in [7, 11) is 6.90. The lowest BCUT2D eigenvalue weighted by Gasteiger charge is -2.25. The van der Waals surface area contributed by atoms with E-state index in [1.807, 2.05) is 121 Å². The van der Waals surface area contributed by atoms with E-state index in [4.69, 9.17) is 52.2 Å². The molecular formula is C98H132N10O23P2+2. The fourth-order valence-electron chi connectivity index (χ4n) is 15.7. The van der Waals surface area contributed by atoms with Crippen LogP contribution in [0.5, 0.6) is 0 Å². The molecule has 720 valence electrons. The molecule has 4 aliphatic heterocycles. The zero-order valence-electron chi connectivity index (χ0n) is 79.9. The summed E-state index contributed by atoms with van der Waals surface area (Å²) < 4.78 is 38.8. The molecule has 10 rings (SSSR count). The Hall–Kier alpha value is -11.1. The molecule has 0 fully saturated rings. The maximum Gasteiger partial charge on any atom is 0.341 e. The van der Waals surface area contributed by atoms with Gasteiger partial charge < -0.3 is 92.6 Å². The number of unbranched alkanes of at least 4 members (excludes halogenated alkanes) is 8. The van der Waals surface area contributed by atoms with Crippen molar-refractivity contribution in [3.05, 3.63) is 151 Å². The molecule has 0 radical (unpaired) electrons. The number of carboxylic acids is 5. The van der Waals surface area contributed by atoms with Crippen LogP contribution in [0.25, 0.3) is 101 Å². The molecule has 12 N–H and O–H groups in total. The Kier molecular flexibility index (Phi) is 39.7. The molecule has 0 amide bonds. The number of nitrogens with zero attached hydrogens (tertiary/aromatic N) is 6. The van der Waals surface area contributed by atoms with Crippen molar-refractivity contribution in [1.82, 2.24) is 39.9 Å². The number of rotatable bonds is 45. The molecule has 33 nitrogen and oxygen atoms in total. The van der Waals surface area contributed by atoms with Gasteiger partial charge in [-0.25, -0.2) is 29.5 Å². The molecule has 4 atom stereocenters. The van der Waals surface area contributed by atoms with Gasteiger partial charge in [0, 0.05) is 92.1 Å². The molecule has 10 heterocycles. The third kappa shape index (κ3) is 29.5. The Morgan fingerprint density at radius 1 is 0.414 bits per heavy atom. The zero-order chi connectivity index (χ0) is 98.2. The summed E-state index contributed by atoms with van der Waals surface area (Å²) in [5.41, 5.74) is 19.3. The minimum Gasteiger partial charge on any atom is -0.481 e. The first kappa shape index (κ1) is 107. The van der Waals surface area contributed by atoms with E-state index >= 15 is 0 Å². The minimum absolute atomic E-state index is 0.00729. The molecule has 0 saturated carbocycles. The Bertz CT molecular complexity index is 5850. The predicted octanol–water partition coefficient (Wildman–Crippen LogP) is 18.0. The number of aryl methyl sites for hydroxylation is 6. The topological polar surface area (TPSA) is 478 Å². The van der Waals surface area contributed by atoms with Crippen LogP contribution in [0.3, 0.4) is 0 Å². The molecule has 0 spiro atoms. The number of hydrogen-bond donors (Lipinski definition) is 12. The van der Waals surface area contributed by atoms with Crippen LogP contribution in [0.4, 0.5) is 0 Å². The molecule has 35 heteroatoms. The number of allylic oxidation sites excluding steroid dienone is 6. The van der Waals surface area contributed by atoms with Crippen molar-refractivity contribution >= 4 is 166 Å². The predicted molar refractivity (Wildman–Crippen MR) is 517 cm³/mol. The molecule has 6 aromatic rings. The third-order valence-electron chi connectivity index (χ3n) is 23.0. The van der Waals surface area contributed by atoms with Crippen molar-refractivity contribution < 1.29 is 120 Å². The molecule has 133 heavy (non-hydrogen) atoms. The van der Waals surface area contributed by atoms with E-state index < -0.39 is 97.3 Å². The van der Waals surface area contributed by atoms with Crippen molar-refractivity contribution in [2.24, 2.45) is 0 Å². The lowest BCUT2D eigenvalue weighted by Crippen LogP contribution is -2.36. The number of quaternary nitrogens is 2. The number of H-pyrrole nitrogens is 4. The highest BCUT2D eigenvalue weighted by Gasteiger charge is 2.36. The van der Waals surface area contributed by atoms with E-state index in [-0.39, 0.29) is 103 Å². The van der Waals surface area contributed by atoms with Crippen molar-refractivity contribution in [2.45, 2.75) is 224 Å². The first-order valence-electron chi connectivity index (χ1n) is 44.9. The van der Waals surface area contributed by atoms with E-state index in [9.17, 15) is 78.8 Å². The van der Waals surface area contributed by atoms with Crippen LogP contribution in [-0.4, -0.2) is 231 Å². The quantitative estimate of drug-likeness (QED) is 0.00422. The zero-order valence-corrected chi connectivity index (χ0v) is 81.6. The van der Waals surface area contributed by atoms with Gasteiger partial charge in [-0.3, -0.25) is 37.8 Å². The number of aliphatic hydroxyl groups excluding tert-OH is 1. The second kappa shape index (κ2) is 49.3. The number of nitrogens with one attached hydrogen (secondary N) is 4. The molecule has 4 aliphatic rings. The van der Waals surface area contributed by atoms with Crippen molar-refractivity contribution in [3.63, 3.8) is 0 Å². The fraction of sp³-hybridized carbons (Fsp3) is 0.469. The van der Waals surface area contributed by atoms with Gasteiger partial charge in [0.15, 0.2) is 19.6 Å². The first-order valence-corrected chi connectivity index (χ1v) is 47.1. The summed E-state index contributed by atoms with van der Waals surface area (Å²) in [5, 5.41) is 59.8. The summed E-state index contributed by atoms with van der Waals surface area (Å²) >= 11 is 0. The van der Waals surface area contributed by atoms with Crippen molar-refractivity contribution in [1.29, 1.82) is 0 Å². The summed E-state index contributed by atoms with van der Waals surface area (Å²) in [5.74, 6) is -7.48. The Morgan fingerprint density at radius 2 is 0.774 bits per heavy atom. The summed E-state index contributed by atoms with van der Waals surface area (Å²) in [6.07, 6.45) is 11.6. The number of aliphatic carboxylic acids is 5. The highest BCUT2D eigenvalue weighted by Crippen LogP contribution is 2.44. The van der Waals surface area contributed by atoms with Gasteiger partial charge in [-0.05, 0) is 197 Å². The van der Waals surface area contributed by atoms with Gasteiger partial charge in [0.25, 0.3) is 0 Å². The number of aliphatic hydroxyl groups is 1.